The molecule has 6 heteroatoms. The van der Waals surface area contributed by atoms with Crippen molar-refractivity contribution < 1.29 is 19.2 Å². The zero-order valence-electron chi connectivity index (χ0n) is 4.35. The van der Waals surface area contributed by atoms with E-state index in [-0.39, 0.29) is 0 Å². The van der Waals surface area contributed by atoms with Gasteiger partial charge >= 0.3 is 0 Å². The molecule has 3 N–H and O–H groups in total. The molecule has 0 amide bonds. The van der Waals surface area contributed by atoms with E-state index < -0.39 is 16.1 Å². The van der Waals surface area contributed by atoms with Gasteiger partial charge in [-0.1, -0.05) is 0 Å². The quantitative estimate of drug-likeness (QED) is 0.524. The highest BCUT2D eigenvalue weighted by molar-refractivity contribution is 8.20. The maximum Gasteiger partial charge on any atom is 0.253 e. The standard InChI is InChI=1S/C2H8O4P2/c1-2-6-8(5)7(3)4/h3-5H,2H2,1H3. The van der Waals surface area contributed by atoms with Crippen LogP contribution in [0.2, 0.25) is 0 Å². The van der Waals surface area contributed by atoms with E-state index >= 15 is 0 Å². The van der Waals surface area contributed by atoms with Gasteiger partial charge in [-0.25, -0.2) is 0 Å². The third kappa shape index (κ3) is 3.67. The summed E-state index contributed by atoms with van der Waals surface area (Å²) in [6, 6.07) is 0. The summed E-state index contributed by atoms with van der Waals surface area (Å²) < 4.78 is 4.45. The lowest BCUT2D eigenvalue weighted by Gasteiger charge is -2.07. The van der Waals surface area contributed by atoms with Gasteiger partial charge in [0.1, 0.15) is 0 Å². The van der Waals surface area contributed by atoms with Gasteiger partial charge in [0.05, 0.1) is 6.61 Å². The molecule has 0 bridgehead atoms. The van der Waals surface area contributed by atoms with E-state index in [9.17, 15) is 0 Å². The second-order valence-electron chi connectivity index (χ2n) is 0.939. The smallest absolute Gasteiger partial charge is 0.253 e. The van der Waals surface area contributed by atoms with Gasteiger partial charge in [0.25, 0.3) is 16.1 Å². The molecule has 0 aromatic rings. The fourth-order valence-electron chi connectivity index (χ4n) is 0.167. The molecule has 1 unspecified atom stereocenters. The molecule has 1 atom stereocenters. The monoisotopic (exact) mass is 158 g/mol. The Hall–Kier alpha value is 0.700. The Labute approximate surface area is 49.8 Å². The average Bonchev–Trinajstić information content (AvgIpc) is 1.67. The molecule has 0 aromatic carbocycles. The Morgan fingerprint density at radius 2 is 1.88 bits per heavy atom. The van der Waals surface area contributed by atoms with E-state index in [1.165, 1.54) is 0 Å². The SMILES string of the molecule is CCOP(O)P(O)O. The first-order chi connectivity index (χ1) is 3.68. The van der Waals surface area contributed by atoms with Crippen molar-refractivity contribution in [2.24, 2.45) is 0 Å². The normalized spacial score (nSPS) is 14.6. The Balaban J connectivity index is 3.17. The largest absolute Gasteiger partial charge is 0.344 e. The van der Waals surface area contributed by atoms with E-state index in [1.807, 2.05) is 0 Å². The predicted molar refractivity (Wildman–Crippen MR) is 32.1 cm³/mol. The van der Waals surface area contributed by atoms with Gasteiger partial charge in [-0.3, -0.25) is 0 Å². The van der Waals surface area contributed by atoms with Crippen molar-refractivity contribution >= 4 is 16.1 Å². The Morgan fingerprint density at radius 3 is 2.00 bits per heavy atom. The van der Waals surface area contributed by atoms with Crippen molar-refractivity contribution in [3.63, 3.8) is 0 Å². The van der Waals surface area contributed by atoms with E-state index in [1.54, 1.807) is 6.92 Å². The molecule has 8 heavy (non-hydrogen) atoms. The van der Waals surface area contributed by atoms with E-state index in [4.69, 9.17) is 14.7 Å². The second-order valence-corrected chi connectivity index (χ2v) is 4.34. The second kappa shape index (κ2) is 4.57. The van der Waals surface area contributed by atoms with Crippen LogP contribution in [0.3, 0.4) is 0 Å². The van der Waals surface area contributed by atoms with Crippen LogP contribution in [0.15, 0.2) is 0 Å². The molecular formula is C2H8O4P2. The number of hydrogen-bond acceptors (Lipinski definition) is 4. The molecule has 0 saturated heterocycles. The van der Waals surface area contributed by atoms with Gasteiger partial charge in [-0.2, -0.15) is 0 Å². The Kier molecular flexibility index (Phi) is 4.97. The molecule has 0 rings (SSSR count). The average molecular weight is 158 g/mol. The molecule has 0 aromatic heterocycles. The van der Waals surface area contributed by atoms with Crippen LogP contribution in [-0.2, 0) is 4.52 Å². The van der Waals surface area contributed by atoms with Gasteiger partial charge in [0.2, 0.25) is 0 Å². The number of hydrogen-bond donors (Lipinski definition) is 3. The molecule has 0 radical (unpaired) electrons. The maximum absolute atomic E-state index is 8.50. The molecule has 0 aliphatic heterocycles. The molecule has 4 nitrogen and oxygen atoms in total. The molecule has 0 spiro atoms. The van der Waals surface area contributed by atoms with Crippen molar-refractivity contribution in [2.45, 2.75) is 6.92 Å². The van der Waals surface area contributed by atoms with Crippen LogP contribution in [0.5, 0.6) is 0 Å². The van der Waals surface area contributed by atoms with Crippen molar-refractivity contribution in [3.8, 4) is 0 Å². The summed E-state index contributed by atoms with van der Waals surface area (Å²) in [5.74, 6) is 0. The first kappa shape index (κ1) is 8.70. The lowest BCUT2D eigenvalue weighted by atomic mass is 10.9. The van der Waals surface area contributed by atoms with Gasteiger partial charge < -0.3 is 19.2 Å². The zero-order valence-corrected chi connectivity index (χ0v) is 6.14. The molecule has 50 valence electrons. The third-order valence-electron chi connectivity index (χ3n) is 0.398. The van der Waals surface area contributed by atoms with E-state index in [0.717, 1.165) is 0 Å². The zero-order chi connectivity index (χ0) is 6.57. The topological polar surface area (TPSA) is 69.9 Å². The maximum atomic E-state index is 8.50. The Morgan fingerprint density at radius 1 is 1.38 bits per heavy atom. The molecule has 0 aliphatic rings. The van der Waals surface area contributed by atoms with Gasteiger partial charge in [0, 0.05) is 0 Å². The fourth-order valence-corrected chi connectivity index (χ4v) is 1.16. The van der Waals surface area contributed by atoms with Crippen molar-refractivity contribution in [1.29, 1.82) is 0 Å². The van der Waals surface area contributed by atoms with E-state index in [2.05, 4.69) is 4.52 Å². The lowest BCUT2D eigenvalue weighted by Crippen LogP contribution is -1.80. The van der Waals surface area contributed by atoms with Gasteiger partial charge in [0.15, 0.2) is 0 Å². The van der Waals surface area contributed by atoms with E-state index in [0.29, 0.717) is 6.61 Å². The summed E-state index contributed by atoms with van der Waals surface area (Å²) in [7, 11) is -4.23. The summed E-state index contributed by atoms with van der Waals surface area (Å²) in [5, 5.41) is 0. The van der Waals surface area contributed by atoms with Crippen molar-refractivity contribution in [1.82, 2.24) is 0 Å². The van der Waals surface area contributed by atoms with Crippen LogP contribution in [-0.4, -0.2) is 21.3 Å². The van der Waals surface area contributed by atoms with Crippen LogP contribution in [0, 0.1) is 0 Å². The molecule has 0 fully saturated rings. The van der Waals surface area contributed by atoms with Crippen LogP contribution >= 0.6 is 16.1 Å². The van der Waals surface area contributed by atoms with Crippen LogP contribution in [0.4, 0.5) is 0 Å². The summed E-state index contributed by atoms with van der Waals surface area (Å²) >= 11 is 0. The van der Waals surface area contributed by atoms with Crippen molar-refractivity contribution in [3.05, 3.63) is 0 Å². The lowest BCUT2D eigenvalue weighted by molar-refractivity contribution is 0.334. The van der Waals surface area contributed by atoms with Crippen molar-refractivity contribution in [2.75, 3.05) is 6.61 Å². The first-order valence-electron chi connectivity index (χ1n) is 1.98. The Bertz CT molecular complexity index is 58.0. The number of rotatable bonds is 3. The summed E-state index contributed by atoms with van der Waals surface area (Å²) in [6.07, 6.45) is 0. The minimum absolute atomic E-state index is 0.308. The third-order valence-corrected chi connectivity index (χ3v) is 2.46. The molecule has 0 aliphatic carbocycles. The highest BCUT2D eigenvalue weighted by Crippen LogP contribution is 2.61. The highest BCUT2D eigenvalue weighted by atomic mass is 32.1. The van der Waals surface area contributed by atoms with Gasteiger partial charge in [-0.05, 0) is 6.92 Å². The molecule has 0 heterocycles. The minimum atomic E-state index is -2.27. The fraction of sp³-hybridized carbons (Fsp3) is 1.00. The van der Waals surface area contributed by atoms with Crippen LogP contribution < -0.4 is 0 Å². The van der Waals surface area contributed by atoms with Gasteiger partial charge in [-0.15, -0.1) is 0 Å². The first-order valence-corrected chi connectivity index (χ1v) is 5.14. The molecule has 0 saturated carbocycles. The summed E-state index contributed by atoms with van der Waals surface area (Å²) in [5.41, 5.74) is 0. The summed E-state index contributed by atoms with van der Waals surface area (Å²) in [6.45, 7) is 1.98. The highest BCUT2D eigenvalue weighted by Gasteiger charge is 2.13. The minimum Gasteiger partial charge on any atom is -0.344 e. The van der Waals surface area contributed by atoms with Crippen LogP contribution in [0.25, 0.3) is 0 Å². The predicted octanol–water partition coefficient (Wildman–Crippen LogP) is 0.539. The van der Waals surface area contributed by atoms with Crippen LogP contribution in [0.1, 0.15) is 6.92 Å². The molecular weight excluding hydrogens is 150 g/mol. The summed E-state index contributed by atoms with van der Waals surface area (Å²) in [4.78, 5) is 25.0.